The van der Waals surface area contributed by atoms with Gasteiger partial charge in [-0.1, -0.05) is 6.92 Å². The van der Waals surface area contributed by atoms with E-state index in [1.165, 1.54) is 0 Å². The molecule has 0 unspecified atom stereocenters. The van der Waals surface area contributed by atoms with Crippen LogP contribution in [0.15, 0.2) is 0 Å². The van der Waals surface area contributed by atoms with E-state index in [0.29, 0.717) is 19.0 Å². The van der Waals surface area contributed by atoms with Gasteiger partial charge in [0.15, 0.2) is 0 Å². The van der Waals surface area contributed by atoms with Crippen LogP contribution in [0.3, 0.4) is 0 Å². The molecule has 0 bridgehead atoms. The highest BCUT2D eigenvalue weighted by molar-refractivity contribution is 6.17. The Balaban J connectivity index is 3.59. The Bertz CT molecular complexity index is 127. The molecule has 0 fully saturated rings. The topological polar surface area (TPSA) is 3.24 Å². The Morgan fingerprint density at radius 2 is 1.85 bits per heavy atom. The molecule has 80 valence electrons. The van der Waals surface area contributed by atoms with Crippen molar-refractivity contribution in [1.82, 2.24) is 4.90 Å². The Morgan fingerprint density at radius 3 is 2.23 bits per heavy atom. The summed E-state index contributed by atoms with van der Waals surface area (Å²) in [4.78, 5) is 1.76. The highest BCUT2D eigenvalue weighted by Gasteiger charge is 2.27. The Hall–Kier alpha value is 0.0400. The molecule has 13 heavy (non-hydrogen) atoms. The van der Waals surface area contributed by atoms with Crippen molar-refractivity contribution >= 4 is 11.6 Å². The highest BCUT2D eigenvalue weighted by atomic mass is 35.5. The molecule has 1 nitrogen and oxygen atoms in total. The van der Waals surface area contributed by atoms with Gasteiger partial charge in [0.1, 0.15) is 0 Å². The lowest BCUT2D eigenvalue weighted by molar-refractivity contribution is -0.137. The first-order valence-corrected chi connectivity index (χ1v) is 4.88. The van der Waals surface area contributed by atoms with Crippen LogP contribution < -0.4 is 0 Å². The standard InChI is InChI=1S/C8H15ClF3N/c1-2-13(6-3-5-9)7-4-8(10,11)12/h2-7H2,1H3. The van der Waals surface area contributed by atoms with Gasteiger partial charge in [-0.2, -0.15) is 13.2 Å². The van der Waals surface area contributed by atoms with E-state index in [9.17, 15) is 13.2 Å². The minimum atomic E-state index is -4.05. The first-order valence-electron chi connectivity index (χ1n) is 4.34. The summed E-state index contributed by atoms with van der Waals surface area (Å²) >= 11 is 5.44. The lowest BCUT2D eigenvalue weighted by atomic mass is 10.3. The number of halogens is 4. The van der Waals surface area contributed by atoms with Gasteiger partial charge >= 0.3 is 6.18 Å². The zero-order valence-electron chi connectivity index (χ0n) is 7.70. The van der Waals surface area contributed by atoms with Crippen LogP contribution in [0.5, 0.6) is 0 Å². The second-order valence-electron chi connectivity index (χ2n) is 2.84. The summed E-state index contributed by atoms with van der Waals surface area (Å²) in [6.45, 7) is 3.23. The number of hydrogen-bond acceptors (Lipinski definition) is 1. The van der Waals surface area contributed by atoms with Gasteiger partial charge in [0.05, 0.1) is 6.42 Å². The maximum Gasteiger partial charge on any atom is 0.390 e. The molecule has 0 aromatic heterocycles. The molecular weight excluding hydrogens is 203 g/mol. The van der Waals surface area contributed by atoms with Gasteiger partial charge in [-0.05, 0) is 19.5 Å². The third-order valence-electron chi connectivity index (χ3n) is 1.77. The quantitative estimate of drug-likeness (QED) is 0.619. The second kappa shape index (κ2) is 6.49. The van der Waals surface area contributed by atoms with Crippen molar-refractivity contribution in [3.8, 4) is 0 Å². The van der Waals surface area contributed by atoms with Crippen LogP contribution in [0.4, 0.5) is 13.2 Å². The van der Waals surface area contributed by atoms with Gasteiger partial charge in [-0.3, -0.25) is 0 Å². The Kier molecular flexibility index (Phi) is 6.51. The van der Waals surface area contributed by atoms with E-state index in [1.807, 2.05) is 6.92 Å². The first kappa shape index (κ1) is 13.0. The van der Waals surface area contributed by atoms with E-state index in [1.54, 1.807) is 4.90 Å². The summed E-state index contributed by atoms with van der Waals surface area (Å²) < 4.78 is 35.5. The van der Waals surface area contributed by atoms with Gasteiger partial charge in [0.2, 0.25) is 0 Å². The SMILES string of the molecule is CCN(CCCCl)CCC(F)(F)F. The molecule has 0 N–H and O–H groups in total. The van der Waals surface area contributed by atoms with Crippen LogP contribution in [0.2, 0.25) is 0 Å². The van der Waals surface area contributed by atoms with E-state index in [4.69, 9.17) is 11.6 Å². The normalized spacial score (nSPS) is 12.5. The summed E-state index contributed by atoms with van der Waals surface area (Å²) in [6, 6.07) is 0. The Labute approximate surface area is 81.9 Å². The van der Waals surface area contributed by atoms with Crippen molar-refractivity contribution in [2.24, 2.45) is 0 Å². The van der Waals surface area contributed by atoms with Crippen LogP contribution in [-0.2, 0) is 0 Å². The van der Waals surface area contributed by atoms with Gasteiger partial charge in [-0.15, -0.1) is 11.6 Å². The van der Waals surface area contributed by atoms with Crippen molar-refractivity contribution in [1.29, 1.82) is 0 Å². The molecular formula is C8H15ClF3N. The Morgan fingerprint density at radius 1 is 1.23 bits per heavy atom. The minimum absolute atomic E-state index is 0.0802. The van der Waals surface area contributed by atoms with Gasteiger partial charge < -0.3 is 4.90 Å². The zero-order chi connectivity index (χ0) is 10.3. The van der Waals surface area contributed by atoms with Gasteiger partial charge in [0, 0.05) is 12.4 Å². The summed E-state index contributed by atoms with van der Waals surface area (Å²) in [5.74, 6) is 0.502. The average molecular weight is 218 g/mol. The molecule has 0 aliphatic rings. The summed E-state index contributed by atoms with van der Waals surface area (Å²) in [7, 11) is 0. The zero-order valence-corrected chi connectivity index (χ0v) is 8.46. The van der Waals surface area contributed by atoms with Crippen LogP contribution in [-0.4, -0.2) is 36.6 Å². The molecule has 0 rings (SSSR count). The van der Waals surface area contributed by atoms with Crippen molar-refractivity contribution in [2.75, 3.05) is 25.5 Å². The monoisotopic (exact) mass is 217 g/mol. The fourth-order valence-corrected chi connectivity index (χ4v) is 1.12. The molecule has 0 aromatic carbocycles. The van der Waals surface area contributed by atoms with E-state index >= 15 is 0 Å². The molecule has 5 heteroatoms. The molecule has 0 aliphatic carbocycles. The van der Waals surface area contributed by atoms with Crippen LogP contribution in [0.25, 0.3) is 0 Å². The van der Waals surface area contributed by atoms with Crippen molar-refractivity contribution in [3.05, 3.63) is 0 Å². The van der Waals surface area contributed by atoms with Crippen LogP contribution in [0.1, 0.15) is 19.8 Å². The molecule has 0 saturated heterocycles. The third kappa shape index (κ3) is 8.37. The largest absolute Gasteiger partial charge is 0.390 e. The minimum Gasteiger partial charge on any atom is -0.303 e. The van der Waals surface area contributed by atoms with Crippen molar-refractivity contribution in [2.45, 2.75) is 25.9 Å². The summed E-state index contributed by atoms with van der Waals surface area (Å²) in [5.41, 5.74) is 0. The lowest BCUT2D eigenvalue weighted by Gasteiger charge is -2.20. The van der Waals surface area contributed by atoms with Crippen molar-refractivity contribution in [3.63, 3.8) is 0 Å². The molecule has 0 saturated carbocycles. The fourth-order valence-electron chi connectivity index (χ4n) is 0.996. The maximum atomic E-state index is 11.8. The highest BCUT2D eigenvalue weighted by Crippen LogP contribution is 2.19. The average Bonchev–Trinajstić information content (AvgIpc) is 2.03. The number of nitrogens with zero attached hydrogens (tertiary/aromatic N) is 1. The first-order chi connectivity index (χ1) is 5.99. The number of hydrogen-bond donors (Lipinski definition) is 0. The molecule has 0 heterocycles. The molecule has 0 radical (unpaired) electrons. The van der Waals surface area contributed by atoms with Crippen LogP contribution >= 0.6 is 11.6 Å². The summed E-state index contributed by atoms with van der Waals surface area (Å²) in [5, 5.41) is 0. The molecule has 0 aromatic rings. The van der Waals surface area contributed by atoms with Gasteiger partial charge in [0.25, 0.3) is 0 Å². The van der Waals surface area contributed by atoms with E-state index in [-0.39, 0.29) is 6.54 Å². The van der Waals surface area contributed by atoms with Gasteiger partial charge in [-0.25, -0.2) is 0 Å². The van der Waals surface area contributed by atoms with Crippen LogP contribution in [0, 0.1) is 0 Å². The smallest absolute Gasteiger partial charge is 0.303 e. The van der Waals surface area contributed by atoms with Crippen molar-refractivity contribution < 1.29 is 13.2 Å². The van der Waals surface area contributed by atoms with E-state index in [2.05, 4.69) is 0 Å². The predicted molar refractivity (Wildman–Crippen MR) is 48.1 cm³/mol. The number of rotatable bonds is 6. The summed E-state index contributed by atoms with van der Waals surface area (Å²) in [6.07, 6.45) is -4.04. The third-order valence-corrected chi connectivity index (χ3v) is 2.03. The second-order valence-corrected chi connectivity index (χ2v) is 3.22. The molecule has 0 atom stereocenters. The lowest BCUT2D eigenvalue weighted by Crippen LogP contribution is -2.29. The predicted octanol–water partition coefficient (Wildman–Crippen LogP) is 2.89. The molecule has 0 amide bonds. The van der Waals surface area contributed by atoms with E-state index < -0.39 is 12.6 Å². The molecule has 0 spiro atoms. The fraction of sp³-hybridized carbons (Fsp3) is 1.00. The number of alkyl halides is 4. The maximum absolute atomic E-state index is 11.8. The molecule has 0 aliphatic heterocycles. The van der Waals surface area contributed by atoms with E-state index in [0.717, 1.165) is 6.42 Å².